The molecule has 0 fully saturated rings. The first-order chi connectivity index (χ1) is 19.5. The molecule has 1 amide bonds. The van der Waals surface area contributed by atoms with Crippen LogP contribution in [0, 0.1) is 10.1 Å². The third kappa shape index (κ3) is 6.39. The highest BCUT2D eigenvalue weighted by Gasteiger charge is 2.26. The molecular weight excluding hydrogens is 546 g/mol. The van der Waals surface area contributed by atoms with Crippen molar-refractivity contribution in [1.82, 2.24) is 20.1 Å². The summed E-state index contributed by atoms with van der Waals surface area (Å²) in [4.78, 5) is 24.2. The topological polar surface area (TPSA) is 103 Å². The summed E-state index contributed by atoms with van der Waals surface area (Å²) in [5, 5.41) is 24.4. The molecule has 1 atom stereocenters. The summed E-state index contributed by atoms with van der Waals surface area (Å²) in [6.45, 7) is 0. The van der Waals surface area contributed by atoms with Gasteiger partial charge in [0.2, 0.25) is 0 Å². The van der Waals surface area contributed by atoms with Gasteiger partial charge >= 0.3 is 0 Å². The van der Waals surface area contributed by atoms with E-state index in [2.05, 4.69) is 15.5 Å². The van der Waals surface area contributed by atoms with Gasteiger partial charge in [-0.15, -0.1) is 10.2 Å². The lowest BCUT2D eigenvalue weighted by atomic mass is 10.0. The van der Waals surface area contributed by atoms with E-state index >= 15 is 0 Å². The van der Waals surface area contributed by atoms with E-state index in [0.717, 1.165) is 11.1 Å². The van der Waals surface area contributed by atoms with Crippen molar-refractivity contribution in [3.05, 3.63) is 147 Å². The van der Waals surface area contributed by atoms with Gasteiger partial charge in [-0.3, -0.25) is 19.5 Å². The van der Waals surface area contributed by atoms with E-state index in [4.69, 9.17) is 11.6 Å². The van der Waals surface area contributed by atoms with Gasteiger partial charge in [-0.05, 0) is 41.8 Å². The lowest BCUT2D eigenvalue weighted by molar-refractivity contribution is -0.384. The minimum atomic E-state index is -0.583. The van der Waals surface area contributed by atoms with E-state index in [9.17, 15) is 14.9 Å². The highest BCUT2D eigenvalue weighted by Crippen LogP contribution is 2.30. The lowest BCUT2D eigenvalue weighted by Crippen LogP contribution is -2.32. The molecule has 8 nitrogen and oxygen atoms in total. The molecule has 0 aliphatic carbocycles. The maximum atomic E-state index is 13.4. The van der Waals surface area contributed by atoms with Crippen LogP contribution in [0.25, 0.3) is 5.69 Å². The van der Waals surface area contributed by atoms with Crippen molar-refractivity contribution in [2.75, 3.05) is 0 Å². The number of benzene rings is 4. The number of rotatable bonds is 10. The van der Waals surface area contributed by atoms with E-state index in [1.54, 1.807) is 36.4 Å². The van der Waals surface area contributed by atoms with Crippen LogP contribution < -0.4 is 5.32 Å². The number of hydrogen-bond acceptors (Lipinski definition) is 6. The van der Waals surface area contributed by atoms with Gasteiger partial charge in [0.15, 0.2) is 11.0 Å². The molecule has 1 heterocycles. The number of nitro benzene ring substituents is 1. The molecule has 5 aromatic rings. The monoisotopic (exact) mass is 569 g/mol. The summed E-state index contributed by atoms with van der Waals surface area (Å²) >= 11 is 7.82. The second-order valence-electron chi connectivity index (χ2n) is 8.92. The summed E-state index contributed by atoms with van der Waals surface area (Å²) in [5.41, 5.74) is 3.07. The first kappa shape index (κ1) is 27.1. The van der Waals surface area contributed by atoms with Crippen molar-refractivity contribution in [1.29, 1.82) is 0 Å². The Hall–Kier alpha value is -4.47. The summed E-state index contributed by atoms with van der Waals surface area (Å²) < 4.78 is 1.85. The molecule has 10 heteroatoms. The number of halogens is 1. The van der Waals surface area contributed by atoms with E-state index in [1.165, 1.54) is 23.9 Å². The van der Waals surface area contributed by atoms with E-state index in [0.29, 0.717) is 39.4 Å². The summed E-state index contributed by atoms with van der Waals surface area (Å²) in [6, 6.07) is 32.2. The fourth-order valence-electron chi connectivity index (χ4n) is 4.23. The Morgan fingerprint density at radius 1 is 0.875 bits per heavy atom. The van der Waals surface area contributed by atoms with Crippen LogP contribution in [0.5, 0.6) is 0 Å². The van der Waals surface area contributed by atoms with Gasteiger partial charge in [0.25, 0.3) is 11.6 Å². The highest BCUT2D eigenvalue weighted by atomic mass is 35.5. The quantitative estimate of drug-likeness (QED) is 0.112. The average molecular weight is 570 g/mol. The van der Waals surface area contributed by atoms with Gasteiger partial charge in [0.1, 0.15) is 0 Å². The van der Waals surface area contributed by atoms with Gasteiger partial charge < -0.3 is 5.32 Å². The van der Waals surface area contributed by atoms with Gasteiger partial charge in [0.05, 0.1) is 21.6 Å². The summed E-state index contributed by atoms with van der Waals surface area (Å²) in [7, 11) is 0. The van der Waals surface area contributed by atoms with Gasteiger partial charge in [-0.2, -0.15) is 0 Å². The Balaban J connectivity index is 1.56. The standard InChI is InChI=1S/C30H24ClN5O3S/c31-26-14-8-7-13-25(26)29(37)32-27(19-21-9-3-1-4-10-21)28-33-34-30(40-20-22-11-5-2-6-12-22)35(28)23-15-17-24(18-16-23)36(38)39/h1-18,27H,19-20H2,(H,32,37). The Labute approximate surface area is 240 Å². The molecule has 1 N–H and O–H groups in total. The average Bonchev–Trinajstić information content (AvgIpc) is 3.41. The number of nitrogens with one attached hydrogen (secondary N) is 1. The molecule has 0 spiro atoms. The van der Waals surface area contributed by atoms with Crippen LogP contribution >= 0.6 is 23.4 Å². The fraction of sp³-hybridized carbons (Fsp3) is 0.100. The number of carbonyl (C=O) groups is 1. The predicted octanol–water partition coefficient (Wildman–Crippen LogP) is 6.84. The smallest absolute Gasteiger partial charge is 0.269 e. The van der Waals surface area contributed by atoms with Crippen LogP contribution in [0.2, 0.25) is 5.02 Å². The maximum Gasteiger partial charge on any atom is 0.269 e. The first-order valence-electron chi connectivity index (χ1n) is 12.5. The van der Waals surface area contributed by atoms with Crippen molar-refractivity contribution in [2.24, 2.45) is 0 Å². The third-order valence-electron chi connectivity index (χ3n) is 6.21. The molecule has 0 saturated heterocycles. The Morgan fingerprint density at radius 3 is 2.15 bits per heavy atom. The highest BCUT2D eigenvalue weighted by molar-refractivity contribution is 7.98. The maximum absolute atomic E-state index is 13.4. The van der Waals surface area contributed by atoms with E-state index in [-0.39, 0.29) is 11.6 Å². The Kier molecular flexibility index (Phi) is 8.53. The second-order valence-corrected chi connectivity index (χ2v) is 10.3. The number of aromatic nitrogens is 3. The third-order valence-corrected chi connectivity index (χ3v) is 7.54. The minimum Gasteiger partial charge on any atom is -0.342 e. The molecule has 0 aliphatic rings. The van der Waals surface area contributed by atoms with Crippen molar-refractivity contribution >= 4 is 35.0 Å². The molecule has 40 heavy (non-hydrogen) atoms. The van der Waals surface area contributed by atoms with Crippen LogP contribution in [-0.2, 0) is 12.2 Å². The number of non-ortho nitro benzene ring substituents is 1. The second kappa shape index (κ2) is 12.6. The largest absolute Gasteiger partial charge is 0.342 e. The van der Waals surface area contributed by atoms with Crippen LogP contribution in [0.4, 0.5) is 5.69 Å². The summed E-state index contributed by atoms with van der Waals surface area (Å²) in [6.07, 6.45) is 0.436. The molecule has 0 aliphatic heterocycles. The normalized spacial score (nSPS) is 11.6. The van der Waals surface area contributed by atoms with Crippen molar-refractivity contribution in [3.63, 3.8) is 0 Å². The Bertz CT molecular complexity index is 1610. The molecule has 1 aromatic heterocycles. The number of thioether (sulfide) groups is 1. The van der Waals surface area contributed by atoms with Gasteiger partial charge in [-0.1, -0.05) is 96.2 Å². The minimum absolute atomic E-state index is 0.0234. The predicted molar refractivity (Wildman–Crippen MR) is 156 cm³/mol. The molecule has 4 aromatic carbocycles. The van der Waals surface area contributed by atoms with Gasteiger partial charge in [-0.25, -0.2) is 0 Å². The lowest BCUT2D eigenvalue weighted by Gasteiger charge is -2.20. The zero-order valence-corrected chi connectivity index (χ0v) is 22.8. The van der Waals surface area contributed by atoms with Crippen molar-refractivity contribution in [3.8, 4) is 5.69 Å². The number of carbonyl (C=O) groups excluding carboxylic acids is 1. The summed E-state index contributed by atoms with van der Waals surface area (Å²) in [5.74, 6) is 0.790. The molecule has 0 bridgehead atoms. The SMILES string of the molecule is O=C(NC(Cc1ccccc1)c1nnc(SCc2ccccc2)n1-c1ccc([N+](=O)[O-])cc1)c1ccccc1Cl. The molecule has 1 unspecified atom stereocenters. The zero-order valence-electron chi connectivity index (χ0n) is 21.2. The molecule has 5 rings (SSSR count). The van der Waals surface area contributed by atoms with Crippen molar-refractivity contribution < 1.29 is 9.72 Å². The molecule has 200 valence electrons. The van der Waals surface area contributed by atoms with Crippen LogP contribution in [0.3, 0.4) is 0 Å². The zero-order chi connectivity index (χ0) is 27.9. The van der Waals surface area contributed by atoms with Gasteiger partial charge in [0, 0.05) is 23.6 Å². The first-order valence-corrected chi connectivity index (χ1v) is 13.8. The molecule has 0 saturated carbocycles. The van der Waals surface area contributed by atoms with Crippen LogP contribution in [0.1, 0.15) is 33.4 Å². The number of nitro groups is 1. The van der Waals surface area contributed by atoms with Crippen LogP contribution in [-0.4, -0.2) is 25.6 Å². The number of nitrogens with zero attached hydrogens (tertiary/aromatic N) is 4. The number of hydrogen-bond donors (Lipinski definition) is 1. The number of amides is 1. The van der Waals surface area contributed by atoms with Crippen molar-refractivity contribution in [2.45, 2.75) is 23.4 Å². The Morgan fingerprint density at radius 2 is 1.50 bits per heavy atom. The molecular formula is C30H24ClN5O3S. The van der Waals surface area contributed by atoms with E-state index < -0.39 is 11.0 Å². The molecule has 0 radical (unpaired) electrons. The fourth-order valence-corrected chi connectivity index (χ4v) is 5.36. The van der Waals surface area contributed by atoms with Crippen LogP contribution in [0.15, 0.2) is 114 Å². The van der Waals surface area contributed by atoms with E-state index in [1.807, 2.05) is 65.2 Å².